The molecule has 0 unspecified atom stereocenters. The molecular weight excluding hydrogens is 408 g/mol. The molecule has 0 radical (unpaired) electrons. The molecule has 27 heavy (non-hydrogen) atoms. The maximum atomic E-state index is 12.2. The van der Waals surface area contributed by atoms with Gasteiger partial charge in [-0.25, -0.2) is 0 Å². The van der Waals surface area contributed by atoms with E-state index in [1.54, 1.807) is 7.11 Å². The molecule has 0 aliphatic rings. The zero-order valence-corrected chi connectivity index (χ0v) is 18.1. The van der Waals surface area contributed by atoms with E-state index in [2.05, 4.69) is 47.3 Å². The first kappa shape index (κ1) is 21.3. The highest BCUT2D eigenvalue weighted by Crippen LogP contribution is 2.36. The lowest BCUT2D eigenvalue weighted by Crippen LogP contribution is -2.35. The Balaban J connectivity index is 2.02. The summed E-state index contributed by atoms with van der Waals surface area (Å²) >= 11 is 3.52. The first-order valence-corrected chi connectivity index (χ1v) is 9.58. The van der Waals surface area contributed by atoms with Gasteiger partial charge >= 0.3 is 0 Å². The maximum Gasteiger partial charge on any atom is 0.262 e. The first-order chi connectivity index (χ1) is 12.7. The highest BCUT2D eigenvalue weighted by atomic mass is 79.9. The number of amides is 1. The highest BCUT2D eigenvalue weighted by molar-refractivity contribution is 9.10. The first-order valence-electron chi connectivity index (χ1n) is 8.79. The van der Waals surface area contributed by atoms with Crippen LogP contribution in [0, 0.1) is 6.92 Å². The minimum atomic E-state index is -0.230. The Kier molecular flexibility index (Phi) is 7.27. The van der Waals surface area contributed by atoms with Gasteiger partial charge in [0.15, 0.2) is 18.1 Å². The van der Waals surface area contributed by atoms with Gasteiger partial charge in [0.2, 0.25) is 0 Å². The predicted molar refractivity (Wildman–Crippen MR) is 113 cm³/mol. The second-order valence-electron chi connectivity index (χ2n) is 7.42. The Morgan fingerprint density at radius 3 is 2.41 bits per heavy atom. The van der Waals surface area contributed by atoms with Crippen LogP contribution >= 0.6 is 15.9 Å². The zero-order valence-electron chi connectivity index (χ0n) is 16.5. The number of anilines is 1. The lowest BCUT2D eigenvalue weighted by Gasteiger charge is -2.21. The van der Waals surface area contributed by atoms with Gasteiger partial charge in [0.25, 0.3) is 5.91 Å². The van der Waals surface area contributed by atoms with Crippen LogP contribution in [0.25, 0.3) is 0 Å². The largest absolute Gasteiger partial charge is 0.493 e. The van der Waals surface area contributed by atoms with Crippen molar-refractivity contribution < 1.29 is 14.3 Å². The van der Waals surface area contributed by atoms with Crippen molar-refractivity contribution in [1.29, 1.82) is 0 Å². The summed E-state index contributed by atoms with van der Waals surface area (Å²) in [5.74, 6) is 0.862. The van der Waals surface area contributed by atoms with E-state index in [1.165, 1.54) is 0 Å². The number of benzene rings is 2. The minimum absolute atomic E-state index is 0.0168. The normalized spacial score (nSPS) is 11.2. The summed E-state index contributed by atoms with van der Waals surface area (Å²) in [6.45, 7) is 8.94. The topological polar surface area (TPSA) is 59.6 Å². The molecule has 1 amide bonds. The van der Waals surface area contributed by atoms with Crippen molar-refractivity contribution in [2.45, 2.75) is 39.8 Å². The van der Waals surface area contributed by atoms with Gasteiger partial charge in [0.1, 0.15) is 0 Å². The van der Waals surface area contributed by atoms with Crippen molar-refractivity contribution in [1.82, 2.24) is 5.32 Å². The summed E-state index contributed by atoms with van der Waals surface area (Å²) in [6.07, 6.45) is 0. The van der Waals surface area contributed by atoms with Crippen LogP contribution in [0.1, 0.15) is 31.9 Å². The van der Waals surface area contributed by atoms with E-state index in [0.717, 1.165) is 21.3 Å². The van der Waals surface area contributed by atoms with Gasteiger partial charge < -0.3 is 20.1 Å². The molecule has 0 fully saturated rings. The SMILES string of the molecule is COc1cc(CNC(C)(C)C)cc(Br)c1OCC(=O)Nc1ccc(C)cc1. The molecule has 0 aromatic heterocycles. The van der Waals surface area contributed by atoms with Crippen LogP contribution in [0.2, 0.25) is 0 Å². The van der Waals surface area contributed by atoms with E-state index in [4.69, 9.17) is 9.47 Å². The van der Waals surface area contributed by atoms with Crippen LogP contribution < -0.4 is 20.1 Å². The monoisotopic (exact) mass is 434 g/mol. The number of halogens is 1. The smallest absolute Gasteiger partial charge is 0.262 e. The molecule has 0 aliphatic heterocycles. The summed E-state index contributed by atoms with van der Waals surface area (Å²) in [4.78, 5) is 12.2. The number of hydrogen-bond acceptors (Lipinski definition) is 4. The van der Waals surface area contributed by atoms with E-state index < -0.39 is 0 Å². The third kappa shape index (κ3) is 6.88. The molecule has 0 saturated heterocycles. The Morgan fingerprint density at radius 1 is 1.15 bits per heavy atom. The molecule has 2 rings (SSSR count). The maximum absolute atomic E-state index is 12.2. The van der Waals surface area contributed by atoms with Crippen LogP contribution in [-0.4, -0.2) is 25.2 Å². The Labute approximate surface area is 169 Å². The lowest BCUT2D eigenvalue weighted by atomic mass is 10.1. The number of aryl methyl sites for hydroxylation is 1. The molecule has 0 saturated carbocycles. The fraction of sp³-hybridized carbons (Fsp3) is 0.381. The molecule has 0 heterocycles. The molecule has 6 heteroatoms. The van der Waals surface area contributed by atoms with Crippen LogP contribution in [0.4, 0.5) is 5.69 Å². The van der Waals surface area contributed by atoms with E-state index in [9.17, 15) is 4.79 Å². The van der Waals surface area contributed by atoms with Crippen LogP contribution in [-0.2, 0) is 11.3 Å². The van der Waals surface area contributed by atoms with Crippen LogP contribution in [0.5, 0.6) is 11.5 Å². The summed E-state index contributed by atoms with van der Waals surface area (Å²) in [7, 11) is 1.59. The molecule has 2 aromatic rings. The Bertz CT molecular complexity index is 783. The second kappa shape index (κ2) is 9.24. The predicted octanol–water partition coefficient (Wildman–Crippen LogP) is 4.67. The lowest BCUT2D eigenvalue weighted by molar-refractivity contribution is -0.118. The van der Waals surface area contributed by atoms with Crippen molar-refractivity contribution in [2.24, 2.45) is 0 Å². The fourth-order valence-electron chi connectivity index (χ4n) is 2.35. The molecule has 0 aliphatic carbocycles. The third-order valence-electron chi connectivity index (χ3n) is 3.79. The van der Waals surface area contributed by atoms with E-state index >= 15 is 0 Å². The summed E-state index contributed by atoms with van der Waals surface area (Å²) < 4.78 is 11.9. The number of carbonyl (C=O) groups is 1. The van der Waals surface area contributed by atoms with Gasteiger partial charge in [-0.15, -0.1) is 0 Å². The number of ether oxygens (including phenoxy) is 2. The number of carbonyl (C=O) groups excluding carboxylic acids is 1. The van der Waals surface area contributed by atoms with E-state index in [1.807, 2.05) is 43.3 Å². The Morgan fingerprint density at radius 2 is 1.81 bits per heavy atom. The number of nitrogens with one attached hydrogen (secondary N) is 2. The van der Waals surface area contributed by atoms with Gasteiger partial charge in [0.05, 0.1) is 11.6 Å². The molecule has 2 N–H and O–H groups in total. The van der Waals surface area contributed by atoms with Gasteiger partial charge in [-0.2, -0.15) is 0 Å². The van der Waals surface area contributed by atoms with E-state index in [-0.39, 0.29) is 18.1 Å². The molecule has 5 nitrogen and oxygen atoms in total. The highest BCUT2D eigenvalue weighted by Gasteiger charge is 2.15. The summed E-state index contributed by atoms with van der Waals surface area (Å²) in [5.41, 5.74) is 2.95. The van der Waals surface area contributed by atoms with E-state index in [0.29, 0.717) is 18.0 Å². The standard InChI is InChI=1S/C21H27BrN2O3/c1-14-6-8-16(9-7-14)24-19(25)13-27-20-17(22)10-15(11-18(20)26-5)12-23-21(2,3)4/h6-11,23H,12-13H2,1-5H3,(H,24,25). The average Bonchev–Trinajstić information content (AvgIpc) is 2.60. The van der Waals surface area contributed by atoms with Crippen LogP contribution in [0.3, 0.4) is 0 Å². The van der Waals surface area contributed by atoms with Gasteiger partial charge in [-0.3, -0.25) is 4.79 Å². The quantitative estimate of drug-likeness (QED) is 0.664. The molecule has 0 atom stereocenters. The number of hydrogen-bond donors (Lipinski definition) is 2. The Hall–Kier alpha value is -2.05. The summed E-state index contributed by atoms with van der Waals surface area (Å²) in [6, 6.07) is 11.5. The van der Waals surface area contributed by atoms with Gasteiger partial charge in [-0.1, -0.05) is 17.7 Å². The van der Waals surface area contributed by atoms with Crippen molar-refractivity contribution >= 4 is 27.5 Å². The average molecular weight is 435 g/mol. The van der Waals surface area contributed by atoms with Crippen molar-refractivity contribution in [3.05, 3.63) is 52.0 Å². The molecule has 0 spiro atoms. The molecule has 146 valence electrons. The van der Waals surface area contributed by atoms with Crippen molar-refractivity contribution in [3.8, 4) is 11.5 Å². The molecular formula is C21H27BrN2O3. The fourth-order valence-corrected chi connectivity index (χ4v) is 2.96. The second-order valence-corrected chi connectivity index (χ2v) is 8.27. The van der Waals surface area contributed by atoms with Crippen molar-refractivity contribution in [3.63, 3.8) is 0 Å². The zero-order chi connectivity index (χ0) is 20.0. The van der Waals surface area contributed by atoms with Crippen molar-refractivity contribution in [2.75, 3.05) is 19.0 Å². The summed E-state index contributed by atoms with van der Waals surface area (Å²) in [5, 5.41) is 6.25. The molecule has 0 bridgehead atoms. The third-order valence-corrected chi connectivity index (χ3v) is 4.38. The number of rotatable bonds is 7. The number of methoxy groups -OCH3 is 1. The molecule has 2 aromatic carbocycles. The van der Waals surface area contributed by atoms with Gasteiger partial charge in [-0.05, 0) is 73.5 Å². The van der Waals surface area contributed by atoms with Gasteiger partial charge in [0, 0.05) is 17.8 Å². The minimum Gasteiger partial charge on any atom is -0.493 e. The van der Waals surface area contributed by atoms with Crippen LogP contribution in [0.15, 0.2) is 40.9 Å².